The summed E-state index contributed by atoms with van der Waals surface area (Å²) < 4.78 is 3.25. The van der Waals surface area contributed by atoms with Gasteiger partial charge in [-0.05, 0) is 54.5 Å². The molecule has 1 aromatic heterocycles. The van der Waals surface area contributed by atoms with Gasteiger partial charge in [0.05, 0.1) is 15.9 Å². The van der Waals surface area contributed by atoms with Crippen LogP contribution in [0.15, 0.2) is 4.47 Å². The van der Waals surface area contributed by atoms with Gasteiger partial charge in [0.15, 0.2) is 0 Å². The molecule has 120 valence electrons. The predicted octanol–water partition coefficient (Wildman–Crippen LogP) is 3.56. The van der Waals surface area contributed by atoms with Crippen LogP contribution in [0.25, 0.3) is 0 Å². The van der Waals surface area contributed by atoms with E-state index in [0.717, 1.165) is 29.1 Å². The molecule has 3 atom stereocenters. The Labute approximate surface area is 137 Å². The Morgan fingerprint density at radius 1 is 1.43 bits per heavy atom. The number of rotatable bonds is 6. The molecule has 0 amide bonds. The standard InChI is InChI=1S/C16H29BrN4/c1-4-12-7-6-8-13(9-12)14(19-18)10-15-16(17)11(3)20-21(15)5-2/h12-14,19H,4-10,18H2,1-3H3. The number of halogens is 1. The van der Waals surface area contributed by atoms with Gasteiger partial charge in [-0.15, -0.1) is 0 Å². The fraction of sp³-hybridized carbons (Fsp3) is 0.812. The molecule has 1 saturated carbocycles. The van der Waals surface area contributed by atoms with Gasteiger partial charge in [0.2, 0.25) is 0 Å². The summed E-state index contributed by atoms with van der Waals surface area (Å²) in [6.45, 7) is 7.41. The van der Waals surface area contributed by atoms with Gasteiger partial charge in [0.25, 0.3) is 0 Å². The molecule has 21 heavy (non-hydrogen) atoms. The number of hydrogen-bond donors (Lipinski definition) is 2. The minimum absolute atomic E-state index is 0.344. The summed E-state index contributed by atoms with van der Waals surface area (Å²) in [7, 11) is 0. The number of nitrogens with two attached hydrogens (primary N) is 1. The van der Waals surface area contributed by atoms with Crippen molar-refractivity contribution in [2.45, 2.75) is 71.9 Å². The van der Waals surface area contributed by atoms with E-state index in [-0.39, 0.29) is 0 Å². The maximum Gasteiger partial charge on any atom is 0.0738 e. The maximum atomic E-state index is 5.89. The van der Waals surface area contributed by atoms with Crippen LogP contribution in [0.3, 0.4) is 0 Å². The van der Waals surface area contributed by atoms with Gasteiger partial charge in [0.1, 0.15) is 0 Å². The second-order valence-corrected chi connectivity index (χ2v) is 7.13. The molecule has 0 bridgehead atoms. The highest BCUT2D eigenvalue weighted by molar-refractivity contribution is 9.10. The first-order valence-electron chi connectivity index (χ1n) is 8.28. The van der Waals surface area contributed by atoms with E-state index in [0.29, 0.717) is 12.0 Å². The molecule has 3 unspecified atom stereocenters. The number of aryl methyl sites for hydroxylation is 2. The Morgan fingerprint density at radius 3 is 2.81 bits per heavy atom. The molecule has 0 aromatic carbocycles. The van der Waals surface area contributed by atoms with Crippen LogP contribution in [0.4, 0.5) is 0 Å². The van der Waals surface area contributed by atoms with Gasteiger partial charge < -0.3 is 0 Å². The third-order valence-corrected chi connectivity index (χ3v) is 6.08. The van der Waals surface area contributed by atoms with Gasteiger partial charge in [-0.3, -0.25) is 16.0 Å². The lowest BCUT2D eigenvalue weighted by Gasteiger charge is -2.34. The molecule has 1 heterocycles. The van der Waals surface area contributed by atoms with Crippen LogP contribution in [0.1, 0.15) is 57.3 Å². The highest BCUT2D eigenvalue weighted by Crippen LogP contribution is 2.34. The topological polar surface area (TPSA) is 55.9 Å². The number of nitrogens with one attached hydrogen (secondary N) is 1. The van der Waals surface area contributed by atoms with Gasteiger partial charge >= 0.3 is 0 Å². The summed E-state index contributed by atoms with van der Waals surface area (Å²) in [5.74, 6) is 7.45. The summed E-state index contributed by atoms with van der Waals surface area (Å²) in [5.41, 5.74) is 5.43. The Balaban J connectivity index is 2.12. The van der Waals surface area contributed by atoms with E-state index in [2.05, 4.69) is 51.9 Å². The molecular weight excluding hydrogens is 328 g/mol. The molecule has 1 fully saturated rings. The van der Waals surface area contributed by atoms with E-state index in [1.807, 2.05) is 0 Å². The quantitative estimate of drug-likeness (QED) is 0.605. The lowest BCUT2D eigenvalue weighted by molar-refractivity contribution is 0.206. The summed E-state index contributed by atoms with van der Waals surface area (Å²) in [6, 6.07) is 0.344. The van der Waals surface area contributed by atoms with Crippen molar-refractivity contribution in [1.82, 2.24) is 15.2 Å². The summed E-state index contributed by atoms with van der Waals surface area (Å²) in [4.78, 5) is 0. The zero-order chi connectivity index (χ0) is 15.4. The molecule has 5 heteroatoms. The van der Waals surface area contributed by atoms with Crippen molar-refractivity contribution in [1.29, 1.82) is 0 Å². The lowest BCUT2D eigenvalue weighted by Crippen LogP contribution is -2.44. The third-order valence-electron chi connectivity index (χ3n) is 5.05. The largest absolute Gasteiger partial charge is 0.271 e. The third kappa shape index (κ3) is 3.88. The monoisotopic (exact) mass is 356 g/mol. The van der Waals surface area contributed by atoms with Gasteiger partial charge in [-0.2, -0.15) is 5.10 Å². The molecule has 1 aromatic rings. The first kappa shape index (κ1) is 17.0. The molecule has 0 spiro atoms. The molecule has 1 aliphatic rings. The minimum Gasteiger partial charge on any atom is -0.271 e. The zero-order valence-electron chi connectivity index (χ0n) is 13.5. The van der Waals surface area contributed by atoms with Crippen LogP contribution in [0, 0.1) is 18.8 Å². The maximum absolute atomic E-state index is 5.89. The smallest absolute Gasteiger partial charge is 0.0738 e. The highest BCUT2D eigenvalue weighted by Gasteiger charge is 2.29. The Morgan fingerprint density at radius 2 is 2.19 bits per heavy atom. The van der Waals surface area contributed by atoms with Crippen LogP contribution < -0.4 is 11.3 Å². The van der Waals surface area contributed by atoms with Crippen LogP contribution in [-0.4, -0.2) is 15.8 Å². The zero-order valence-corrected chi connectivity index (χ0v) is 15.1. The average Bonchev–Trinajstić information content (AvgIpc) is 2.79. The van der Waals surface area contributed by atoms with E-state index in [1.165, 1.54) is 37.8 Å². The highest BCUT2D eigenvalue weighted by atomic mass is 79.9. The minimum atomic E-state index is 0.344. The van der Waals surface area contributed by atoms with E-state index in [4.69, 9.17) is 5.84 Å². The van der Waals surface area contributed by atoms with Crippen molar-refractivity contribution >= 4 is 15.9 Å². The molecule has 3 N–H and O–H groups in total. The molecule has 2 rings (SSSR count). The van der Waals surface area contributed by atoms with Crippen LogP contribution in [0.5, 0.6) is 0 Å². The van der Waals surface area contributed by atoms with Crippen molar-refractivity contribution in [2.24, 2.45) is 17.7 Å². The van der Waals surface area contributed by atoms with Crippen molar-refractivity contribution in [2.75, 3.05) is 0 Å². The number of hydrazine groups is 1. The molecule has 0 aliphatic heterocycles. The van der Waals surface area contributed by atoms with E-state index >= 15 is 0 Å². The molecule has 0 saturated heterocycles. The normalized spacial score (nSPS) is 24.2. The summed E-state index contributed by atoms with van der Waals surface area (Å²) in [6.07, 6.45) is 7.58. The average molecular weight is 357 g/mol. The summed E-state index contributed by atoms with van der Waals surface area (Å²) in [5, 5.41) is 4.59. The predicted molar refractivity (Wildman–Crippen MR) is 90.9 cm³/mol. The molecular formula is C16H29BrN4. The SMILES string of the molecule is CCC1CCCC(C(Cc2c(Br)c(C)nn2CC)NN)C1. The van der Waals surface area contributed by atoms with Gasteiger partial charge in [0, 0.05) is 19.0 Å². The second-order valence-electron chi connectivity index (χ2n) is 6.34. The van der Waals surface area contributed by atoms with Crippen molar-refractivity contribution in [3.05, 3.63) is 15.9 Å². The van der Waals surface area contributed by atoms with Crippen molar-refractivity contribution in [3.8, 4) is 0 Å². The molecule has 1 aliphatic carbocycles. The Kier molecular flexibility index (Phi) is 6.26. The number of hydrogen-bond acceptors (Lipinski definition) is 3. The fourth-order valence-corrected chi connectivity index (χ4v) is 4.15. The van der Waals surface area contributed by atoms with Gasteiger partial charge in [-0.1, -0.05) is 26.2 Å². The van der Waals surface area contributed by atoms with Crippen LogP contribution in [-0.2, 0) is 13.0 Å². The molecule has 0 radical (unpaired) electrons. The van der Waals surface area contributed by atoms with E-state index in [1.54, 1.807) is 0 Å². The Hall–Kier alpha value is -0.390. The van der Waals surface area contributed by atoms with E-state index in [9.17, 15) is 0 Å². The second kappa shape index (κ2) is 7.75. The van der Waals surface area contributed by atoms with Crippen molar-refractivity contribution in [3.63, 3.8) is 0 Å². The van der Waals surface area contributed by atoms with Gasteiger partial charge in [-0.25, -0.2) is 0 Å². The van der Waals surface area contributed by atoms with Crippen molar-refractivity contribution < 1.29 is 0 Å². The first-order valence-corrected chi connectivity index (χ1v) is 9.07. The number of nitrogens with zero attached hydrogens (tertiary/aromatic N) is 2. The Bertz CT molecular complexity index is 457. The molecule has 4 nitrogen and oxygen atoms in total. The van der Waals surface area contributed by atoms with E-state index < -0.39 is 0 Å². The van der Waals surface area contributed by atoms with Crippen LogP contribution in [0.2, 0.25) is 0 Å². The fourth-order valence-electron chi connectivity index (χ4n) is 3.70. The summed E-state index contributed by atoms with van der Waals surface area (Å²) >= 11 is 3.70. The number of aromatic nitrogens is 2. The first-order chi connectivity index (χ1) is 10.1. The van der Waals surface area contributed by atoms with Crippen LogP contribution >= 0.6 is 15.9 Å². The lowest BCUT2D eigenvalue weighted by atomic mass is 9.76.